The highest BCUT2D eigenvalue weighted by Gasteiger charge is 2.20. The fourth-order valence-electron chi connectivity index (χ4n) is 3.39. The second-order valence-electron chi connectivity index (χ2n) is 7.40. The molecule has 0 saturated heterocycles. The summed E-state index contributed by atoms with van der Waals surface area (Å²) in [6.45, 7) is 4.04. The van der Waals surface area contributed by atoms with E-state index in [1.165, 1.54) is 0 Å². The van der Waals surface area contributed by atoms with Crippen LogP contribution in [0.5, 0.6) is 0 Å². The van der Waals surface area contributed by atoms with Gasteiger partial charge in [-0.1, -0.05) is 26.0 Å². The number of nitrogens with one attached hydrogen (secondary N) is 1. The molecule has 2 atom stereocenters. The Kier molecular flexibility index (Phi) is 4.93. The van der Waals surface area contributed by atoms with Crippen LogP contribution in [0.25, 0.3) is 28.1 Å². The number of aliphatic hydroxyl groups is 2. The molecule has 4 rings (SSSR count). The average molecular weight is 377 g/mol. The Bertz CT molecular complexity index is 1070. The lowest BCUT2D eigenvalue weighted by Crippen LogP contribution is -2.20. The lowest BCUT2D eigenvalue weighted by molar-refractivity contribution is 0.00624. The van der Waals surface area contributed by atoms with Gasteiger partial charge in [0.05, 0.1) is 6.10 Å². The van der Waals surface area contributed by atoms with E-state index in [-0.39, 0.29) is 0 Å². The highest BCUT2D eigenvalue weighted by molar-refractivity contribution is 5.79. The minimum Gasteiger partial charge on any atom is -0.390 e. The van der Waals surface area contributed by atoms with Gasteiger partial charge in [0.1, 0.15) is 18.1 Å². The molecule has 7 heteroatoms. The summed E-state index contributed by atoms with van der Waals surface area (Å²) in [6, 6.07) is 11.8. The number of aliphatic hydroxyl groups excluding tert-OH is 2. The van der Waals surface area contributed by atoms with E-state index in [0.717, 1.165) is 22.3 Å². The summed E-state index contributed by atoms with van der Waals surface area (Å²) < 4.78 is 1.98. The van der Waals surface area contributed by atoms with Crippen LogP contribution in [0.2, 0.25) is 0 Å². The van der Waals surface area contributed by atoms with Crippen molar-refractivity contribution in [3.63, 3.8) is 0 Å². The molecule has 28 heavy (non-hydrogen) atoms. The lowest BCUT2D eigenvalue weighted by atomic mass is 9.97. The number of hydrogen-bond acceptors (Lipinski definition) is 5. The van der Waals surface area contributed by atoms with Crippen LogP contribution in [0, 0.1) is 5.92 Å². The minimum absolute atomic E-state index is 0.305. The normalized spacial score (nSPS) is 13.9. The summed E-state index contributed by atoms with van der Waals surface area (Å²) >= 11 is 0. The smallest absolute Gasteiger partial charge is 0.161 e. The first-order valence-corrected chi connectivity index (χ1v) is 9.33. The molecule has 3 aromatic heterocycles. The molecule has 3 N–H and O–H groups in total. The summed E-state index contributed by atoms with van der Waals surface area (Å²) in [6.07, 6.45) is 3.91. The first kappa shape index (κ1) is 18.3. The summed E-state index contributed by atoms with van der Waals surface area (Å²) in [7, 11) is 0. The van der Waals surface area contributed by atoms with Gasteiger partial charge in [-0.15, -0.1) is 10.2 Å². The van der Waals surface area contributed by atoms with Gasteiger partial charge >= 0.3 is 0 Å². The molecule has 0 fully saturated rings. The standard InChI is InChI=1S/C21H23N5O2/c1-13(2)8-18(27)19(28)16-9-15-6-7-26(21(15)22-11-16)17-5-3-4-14(10-17)20-23-12-24-25-20/h3-7,9-13,18-19,27-28H,8H2,1-2H3,(H,23,24,25). The van der Waals surface area contributed by atoms with Crippen molar-refractivity contribution in [2.45, 2.75) is 32.5 Å². The van der Waals surface area contributed by atoms with E-state index in [1.807, 2.05) is 61.0 Å². The Balaban J connectivity index is 1.66. The van der Waals surface area contributed by atoms with Crippen molar-refractivity contribution in [2.24, 2.45) is 5.92 Å². The van der Waals surface area contributed by atoms with E-state index >= 15 is 0 Å². The molecule has 0 bridgehead atoms. The monoisotopic (exact) mass is 377 g/mol. The zero-order valence-corrected chi connectivity index (χ0v) is 15.8. The fraction of sp³-hybridized carbons (Fsp3) is 0.286. The molecule has 3 heterocycles. The number of pyridine rings is 1. The van der Waals surface area contributed by atoms with Gasteiger partial charge in [0.2, 0.25) is 0 Å². The molecule has 4 aromatic rings. The van der Waals surface area contributed by atoms with E-state index in [0.29, 0.717) is 23.7 Å². The number of H-pyrrole nitrogens is 1. The number of benzene rings is 1. The molecular formula is C21H23N5O2. The summed E-state index contributed by atoms with van der Waals surface area (Å²) in [5.41, 5.74) is 3.28. The summed E-state index contributed by atoms with van der Waals surface area (Å²) in [5, 5.41) is 29.5. The van der Waals surface area contributed by atoms with Crippen molar-refractivity contribution in [1.29, 1.82) is 0 Å². The second-order valence-corrected chi connectivity index (χ2v) is 7.40. The van der Waals surface area contributed by atoms with Crippen molar-refractivity contribution in [3.05, 3.63) is 60.7 Å². The van der Waals surface area contributed by atoms with Crippen LogP contribution in [-0.2, 0) is 0 Å². The van der Waals surface area contributed by atoms with Gasteiger partial charge in [-0.25, -0.2) is 4.98 Å². The maximum absolute atomic E-state index is 10.5. The van der Waals surface area contributed by atoms with Crippen molar-refractivity contribution >= 4 is 11.0 Å². The number of rotatable bonds is 6. The van der Waals surface area contributed by atoms with Crippen LogP contribution in [0.4, 0.5) is 0 Å². The third-order valence-electron chi connectivity index (χ3n) is 4.78. The third-order valence-corrected chi connectivity index (χ3v) is 4.78. The Morgan fingerprint density at radius 2 is 2.00 bits per heavy atom. The maximum atomic E-state index is 10.5. The van der Waals surface area contributed by atoms with Gasteiger partial charge < -0.3 is 19.8 Å². The molecule has 7 nitrogen and oxygen atoms in total. The second kappa shape index (κ2) is 7.53. The van der Waals surface area contributed by atoms with Crippen molar-refractivity contribution in [2.75, 3.05) is 0 Å². The summed E-state index contributed by atoms with van der Waals surface area (Å²) in [4.78, 5) is 7.56. The SMILES string of the molecule is CC(C)CC(O)C(O)c1cnc2c(ccn2-c2cccc(-c3nnc[nH]3)c2)c1. The molecule has 0 saturated carbocycles. The minimum atomic E-state index is -0.947. The van der Waals surface area contributed by atoms with Gasteiger partial charge in [0.25, 0.3) is 0 Å². The molecule has 0 aliphatic heterocycles. The van der Waals surface area contributed by atoms with Gasteiger partial charge in [-0.2, -0.15) is 0 Å². The van der Waals surface area contributed by atoms with Gasteiger partial charge in [-0.3, -0.25) is 0 Å². The van der Waals surface area contributed by atoms with Crippen LogP contribution in [0.1, 0.15) is 31.9 Å². The number of aromatic amines is 1. The molecule has 0 aliphatic carbocycles. The van der Waals surface area contributed by atoms with Crippen LogP contribution < -0.4 is 0 Å². The first-order valence-electron chi connectivity index (χ1n) is 9.33. The number of hydrogen-bond donors (Lipinski definition) is 3. The topological polar surface area (TPSA) is 99.8 Å². The molecule has 144 valence electrons. The van der Waals surface area contributed by atoms with Crippen LogP contribution >= 0.6 is 0 Å². The Morgan fingerprint density at radius 3 is 2.75 bits per heavy atom. The van der Waals surface area contributed by atoms with Crippen molar-refractivity contribution < 1.29 is 10.2 Å². The van der Waals surface area contributed by atoms with Gasteiger partial charge in [0.15, 0.2) is 5.82 Å². The molecule has 0 radical (unpaired) electrons. The third kappa shape index (κ3) is 3.54. The van der Waals surface area contributed by atoms with E-state index in [1.54, 1.807) is 12.5 Å². The molecule has 0 aliphatic rings. The summed E-state index contributed by atoms with van der Waals surface area (Å²) in [5.74, 6) is 1.01. The van der Waals surface area contributed by atoms with E-state index < -0.39 is 12.2 Å². The molecule has 0 spiro atoms. The number of fused-ring (bicyclic) bond motifs is 1. The average Bonchev–Trinajstić information content (AvgIpc) is 3.36. The van der Waals surface area contributed by atoms with E-state index in [9.17, 15) is 10.2 Å². The molecule has 0 amide bonds. The van der Waals surface area contributed by atoms with Crippen LogP contribution in [-0.4, -0.2) is 41.0 Å². The Labute approximate surface area is 162 Å². The molecule has 2 unspecified atom stereocenters. The zero-order valence-electron chi connectivity index (χ0n) is 15.8. The van der Waals surface area contributed by atoms with E-state index in [2.05, 4.69) is 20.2 Å². The quantitative estimate of drug-likeness (QED) is 0.479. The molecular weight excluding hydrogens is 354 g/mol. The predicted molar refractivity (Wildman–Crippen MR) is 107 cm³/mol. The predicted octanol–water partition coefficient (Wildman–Crippen LogP) is 3.25. The molecule has 1 aromatic carbocycles. The van der Waals surface area contributed by atoms with Crippen molar-refractivity contribution in [3.8, 4) is 17.1 Å². The Morgan fingerprint density at radius 1 is 1.14 bits per heavy atom. The van der Waals surface area contributed by atoms with Crippen LogP contribution in [0.3, 0.4) is 0 Å². The first-order chi connectivity index (χ1) is 13.5. The fourth-order valence-corrected chi connectivity index (χ4v) is 3.39. The lowest BCUT2D eigenvalue weighted by Gasteiger charge is -2.19. The van der Waals surface area contributed by atoms with Crippen molar-refractivity contribution in [1.82, 2.24) is 24.7 Å². The highest BCUT2D eigenvalue weighted by Crippen LogP contribution is 2.27. The number of nitrogens with zero attached hydrogens (tertiary/aromatic N) is 4. The van der Waals surface area contributed by atoms with Gasteiger partial charge in [0, 0.05) is 34.6 Å². The van der Waals surface area contributed by atoms with E-state index in [4.69, 9.17) is 0 Å². The van der Waals surface area contributed by atoms with Gasteiger partial charge in [-0.05, 0) is 36.6 Å². The highest BCUT2D eigenvalue weighted by atomic mass is 16.3. The Hall–Kier alpha value is -3.03. The van der Waals surface area contributed by atoms with Crippen LogP contribution in [0.15, 0.2) is 55.1 Å². The largest absolute Gasteiger partial charge is 0.390 e. The number of aromatic nitrogens is 5. The zero-order chi connectivity index (χ0) is 19.7. The maximum Gasteiger partial charge on any atom is 0.161 e.